The highest BCUT2D eigenvalue weighted by atomic mass is 35.5. The van der Waals surface area contributed by atoms with E-state index in [1.807, 2.05) is 5.32 Å². The van der Waals surface area contributed by atoms with Crippen molar-refractivity contribution in [1.82, 2.24) is 0 Å². The zero-order valence-corrected chi connectivity index (χ0v) is 17.7. The van der Waals surface area contributed by atoms with E-state index in [4.69, 9.17) is 11.6 Å². The summed E-state index contributed by atoms with van der Waals surface area (Å²) in [4.78, 5) is 20.8. The largest absolute Gasteiger partial charge is 0.416 e. The van der Waals surface area contributed by atoms with Crippen molar-refractivity contribution in [2.45, 2.75) is 16.0 Å². The zero-order chi connectivity index (χ0) is 23.8. The van der Waals surface area contributed by atoms with Gasteiger partial charge in [-0.2, -0.15) is 13.2 Å². The van der Waals surface area contributed by atoms with Crippen molar-refractivity contribution in [3.8, 4) is 0 Å². The minimum Gasteiger partial charge on any atom is -0.324 e. The molecular weight excluding hydrogens is 489 g/mol. The van der Waals surface area contributed by atoms with Crippen LogP contribution in [0.4, 0.5) is 24.5 Å². The predicted octanol–water partition coefficient (Wildman–Crippen LogP) is 3.08. The average Bonchev–Trinajstić information content (AvgIpc) is 2.60. The lowest BCUT2D eigenvalue weighted by Gasteiger charge is -2.12. The van der Waals surface area contributed by atoms with Crippen LogP contribution < -0.4 is 5.32 Å². The summed E-state index contributed by atoms with van der Waals surface area (Å²) in [6.45, 7) is 0. The Morgan fingerprint density at radius 2 is 1.74 bits per heavy atom. The minimum absolute atomic E-state index is 0.303. The standard InChI is InChI=1S/C16H12ClF3N2O7S2/c1-30(26,27)10-3-5-14(13(7-10)22(24)25)31(28,29)8-15(23)21-12-6-9(16(18,19)20)2-4-11(12)17/h2-7H,8H2,1H3,(H,21,23). The minimum atomic E-state index is -4.75. The van der Waals surface area contributed by atoms with Crippen LogP contribution in [0, 0.1) is 10.1 Å². The van der Waals surface area contributed by atoms with Crippen LogP contribution in [0.2, 0.25) is 5.02 Å². The van der Waals surface area contributed by atoms with Crippen molar-refractivity contribution in [3.05, 3.63) is 57.1 Å². The highest BCUT2D eigenvalue weighted by molar-refractivity contribution is 7.92. The van der Waals surface area contributed by atoms with Crippen LogP contribution in [-0.4, -0.2) is 39.7 Å². The summed E-state index contributed by atoms with van der Waals surface area (Å²) in [5.41, 5.74) is -2.74. The van der Waals surface area contributed by atoms with Crippen LogP contribution in [0.15, 0.2) is 46.2 Å². The third-order valence-electron chi connectivity index (χ3n) is 3.78. The van der Waals surface area contributed by atoms with E-state index in [9.17, 15) is 44.9 Å². The number of nitro groups is 1. The Morgan fingerprint density at radius 1 is 1.13 bits per heavy atom. The number of nitro benzene ring substituents is 1. The van der Waals surface area contributed by atoms with Gasteiger partial charge >= 0.3 is 6.18 Å². The van der Waals surface area contributed by atoms with E-state index >= 15 is 0 Å². The highest BCUT2D eigenvalue weighted by Gasteiger charge is 2.32. The number of amides is 1. The summed E-state index contributed by atoms with van der Waals surface area (Å²) in [6.07, 6.45) is -4.00. The number of sulfone groups is 2. The van der Waals surface area contributed by atoms with Gasteiger partial charge in [-0.3, -0.25) is 14.9 Å². The number of nitrogens with one attached hydrogen (secondary N) is 1. The van der Waals surface area contributed by atoms with E-state index in [1.165, 1.54) is 0 Å². The molecule has 0 aromatic heterocycles. The number of anilines is 1. The molecule has 0 aliphatic carbocycles. The molecule has 0 fully saturated rings. The second-order valence-corrected chi connectivity index (χ2v) is 10.5. The highest BCUT2D eigenvalue weighted by Crippen LogP contribution is 2.34. The molecule has 0 saturated heterocycles. The molecule has 0 unspecified atom stereocenters. The number of hydrogen-bond donors (Lipinski definition) is 1. The first-order valence-corrected chi connectivity index (χ1v) is 11.8. The average molecular weight is 501 g/mol. The quantitative estimate of drug-likeness (QED) is 0.474. The third-order valence-corrected chi connectivity index (χ3v) is 6.88. The van der Waals surface area contributed by atoms with Crippen LogP contribution in [-0.2, 0) is 30.6 Å². The van der Waals surface area contributed by atoms with Crippen LogP contribution in [0.5, 0.6) is 0 Å². The molecule has 0 radical (unpaired) electrons. The van der Waals surface area contributed by atoms with Gasteiger partial charge in [0.15, 0.2) is 19.7 Å². The van der Waals surface area contributed by atoms with Gasteiger partial charge in [-0.25, -0.2) is 16.8 Å². The molecule has 0 atom stereocenters. The number of carbonyl (C=O) groups excluding carboxylic acids is 1. The van der Waals surface area contributed by atoms with E-state index in [1.54, 1.807) is 0 Å². The molecule has 1 amide bonds. The maximum absolute atomic E-state index is 12.8. The predicted molar refractivity (Wildman–Crippen MR) is 103 cm³/mol. The fraction of sp³-hybridized carbons (Fsp3) is 0.188. The Hall–Kier alpha value is -2.71. The van der Waals surface area contributed by atoms with Crippen LogP contribution >= 0.6 is 11.6 Å². The lowest BCUT2D eigenvalue weighted by Crippen LogP contribution is -2.24. The number of hydrogen-bond acceptors (Lipinski definition) is 7. The Morgan fingerprint density at radius 3 is 2.26 bits per heavy atom. The lowest BCUT2D eigenvalue weighted by molar-refractivity contribution is -0.388. The third kappa shape index (κ3) is 5.92. The number of nitrogens with zero attached hydrogens (tertiary/aromatic N) is 1. The van der Waals surface area contributed by atoms with Gasteiger partial charge in [-0.1, -0.05) is 11.6 Å². The topological polar surface area (TPSA) is 141 Å². The van der Waals surface area contributed by atoms with Crippen LogP contribution in [0.3, 0.4) is 0 Å². The molecule has 0 heterocycles. The molecule has 31 heavy (non-hydrogen) atoms. The number of benzene rings is 2. The molecule has 2 aromatic rings. The Balaban J connectivity index is 2.37. The number of halogens is 4. The summed E-state index contributed by atoms with van der Waals surface area (Å²) in [5, 5.41) is 12.8. The van der Waals surface area contributed by atoms with E-state index < -0.39 is 69.2 Å². The van der Waals surface area contributed by atoms with Crippen LogP contribution in [0.1, 0.15) is 5.56 Å². The van der Waals surface area contributed by atoms with Crippen molar-refractivity contribution in [2.75, 3.05) is 17.3 Å². The van der Waals surface area contributed by atoms with Crippen molar-refractivity contribution in [1.29, 1.82) is 0 Å². The van der Waals surface area contributed by atoms with Crippen molar-refractivity contribution in [3.63, 3.8) is 0 Å². The molecule has 0 bridgehead atoms. The Bertz CT molecular complexity index is 1280. The molecular formula is C16H12ClF3N2O7S2. The Kier molecular flexibility index (Phi) is 6.68. The van der Waals surface area contributed by atoms with Gasteiger partial charge in [0.1, 0.15) is 10.6 Å². The first kappa shape index (κ1) is 24.6. The van der Waals surface area contributed by atoms with E-state index in [2.05, 4.69) is 0 Å². The summed E-state index contributed by atoms with van der Waals surface area (Å²) in [7, 11) is -8.57. The fourth-order valence-electron chi connectivity index (χ4n) is 2.37. The normalized spacial score (nSPS) is 12.4. The molecule has 2 aromatic carbocycles. The second-order valence-electron chi connectivity index (χ2n) is 6.16. The zero-order valence-electron chi connectivity index (χ0n) is 15.3. The second kappa shape index (κ2) is 8.43. The monoisotopic (exact) mass is 500 g/mol. The molecule has 9 nitrogen and oxygen atoms in total. The molecule has 168 valence electrons. The fourth-order valence-corrected chi connectivity index (χ4v) is 4.47. The summed E-state index contributed by atoms with van der Waals surface area (Å²) >= 11 is 5.73. The van der Waals surface area contributed by atoms with Crippen molar-refractivity contribution >= 4 is 48.6 Å². The molecule has 0 spiro atoms. The van der Waals surface area contributed by atoms with E-state index in [0.717, 1.165) is 18.4 Å². The first-order valence-electron chi connectivity index (χ1n) is 7.90. The molecule has 15 heteroatoms. The van der Waals surface area contributed by atoms with E-state index in [0.29, 0.717) is 24.3 Å². The van der Waals surface area contributed by atoms with Gasteiger partial charge in [0.25, 0.3) is 5.69 Å². The number of rotatable bonds is 6. The van der Waals surface area contributed by atoms with Gasteiger partial charge in [-0.05, 0) is 30.3 Å². The summed E-state index contributed by atoms with van der Waals surface area (Å²) < 4.78 is 86.5. The van der Waals surface area contributed by atoms with Crippen molar-refractivity contribution in [2.24, 2.45) is 0 Å². The van der Waals surface area contributed by atoms with Crippen molar-refractivity contribution < 1.29 is 39.7 Å². The lowest BCUT2D eigenvalue weighted by atomic mass is 10.2. The van der Waals surface area contributed by atoms with E-state index in [-0.39, 0.29) is 5.02 Å². The van der Waals surface area contributed by atoms with Gasteiger partial charge in [0.2, 0.25) is 5.91 Å². The summed E-state index contributed by atoms with van der Waals surface area (Å²) in [5.74, 6) is -2.69. The van der Waals surface area contributed by atoms with Crippen LogP contribution in [0.25, 0.3) is 0 Å². The summed E-state index contributed by atoms with van der Waals surface area (Å²) in [6, 6.07) is 4.01. The molecule has 0 aliphatic heterocycles. The molecule has 2 rings (SSSR count). The van der Waals surface area contributed by atoms with Gasteiger partial charge in [-0.15, -0.1) is 0 Å². The SMILES string of the molecule is CS(=O)(=O)c1ccc(S(=O)(=O)CC(=O)Nc2cc(C(F)(F)F)ccc2Cl)c([N+](=O)[O-])c1. The number of carbonyl (C=O) groups is 1. The molecule has 1 N–H and O–H groups in total. The maximum Gasteiger partial charge on any atom is 0.416 e. The molecule has 0 saturated carbocycles. The van der Waals surface area contributed by atoms with Gasteiger partial charge in [0, 0.05) is 12.3 Å². The Labute approximate surface area is 178 Å². The first-order chi connectivity index (χ1) is 14.0. The smallest absolute Gasteiger partial charge is 0.324 e. The molecule has 0 aliphatic rings. The van der Waals surface area contributed by atoms with Gasteiger partial charge in [0.05, 0.1) is 26.1 Å². The van der Waals surface area contributed by atoms with Gasteiger partial charge < -0.3 is 5.32 Å². The maximum atomic E-state index is 12.8. The number of alkyl halides is 3.